The fraction of sp³-hybridized carbons (Fsp3) is 0.538. The first kappa shape index (κ1) is 22.6. The summed E-state index contributed by atoms with van der Waals surface area (Å²) in [5, 5.41) is 3.68. The van der Waals surface area contributed by atoms with Crippen LogP contribution in [-0.4, -0.2) is 45.3 Å². The molecule has 1 heterocycles. The van der Waals surface area contributed by atoms with E-state index in [1.807, 2.05) is 6.07 Å². The van der Waals surface area contributed by atoms with E-state index < -0.39 is 0 Å². The summed E-state index contributed by atoms with van der Waals surface area (Å²) in [6.45, 7) is 7.85. The quantitative estimate of drug-likeness (QED) is 0.604. The van der Waals surface area contributed by atoms with Crippen LogP contribution >= 0.6 is 0 Å². The lowest BCUT2D eigenvalue weighted by Crippen LogP contribution is -2.51. The van der Waals surface area contributed by atoms with Gasteiger partial charge in [-0.3, -0.25) is 0 Å². The maximum Gasteiger partial charge on any atom is 0.161 e. The number of nitrogens with one attached hydrogen (secondary N) is 1. The number of benzene rings is 2. The number of piperidine rings is 1. The molecule has 4 nitrogen and oxygen atoms in total. The molecule has 164 valence electrons. The topological polar surface area (TPSA) is 33.7 Å². The van der Waals surface area contributed by atoms with Gasteiger partial charge in [0.05, 0.1) is 14.2 Å². The summed E-state index contributed by atoms with van der Waals surface area (Å²) in [5.41, 5.74) is 3.01. The molecule has 0 saturated carbocycles. The molecule has 1 N–H and O–H groups in total. The molecule has 1 fully saturated rings. The molecule has 4 heteroatoms. The molecule has 1 aliphatic rings. The molecule has 30 heavy (non-hydrogen) atoms. The average Bonchev–Trinajstić information content (AvgIpc) is 2.76. The van der Waals surface area contributed by atoms with Crippen LogP contribution in [-0.2, 0) is 13.0 Å². The second-order valence-corrected chi connectivity index (χ2v) is 9.03. The molecular formula is C26H38N2O2. The molecule has 2 aromatic carbocycles. The van der Waals surface area contributed by atoms with Crippen LogP contribution in [0.3, 0.4) is 0 Å². The standard InChI is InChI=1S/C26H38N2O2/c1-20-19-28(3)21(2)16-26(20,17-22-9-7-6-8-10-22)13-14-27-18-23-11-12-24(29-4)25(15-23)30-5/h6-12,15,20-21,27H,13-14,16-19H2,1-5H3/t20-,21-,26+/m0/s1. The summed E-state index contributed by atoms with van der Waals surface area (Å²) in [5.74, 6) is 2.23. The number of methoxy groups -OCH3 is 2. The molecule has 1 saturated heterocycles. The highest BCUT2D eigenvalue weighted by atomic mass is 16.5. The van der Waals surface area contributed by atoms with E-state index in [0.29, 0.717) is 17.4 Å². The first-order chi connectivity index (χ1) is 14.5. The summed E-state index contributed by atoms with van der Waals surface area (Å²) in [6, 6.07) is 17.8. The molecular weight excluding hydrogens is 372 g/mol. The van der Waals surface area contributed by atoms with E-state index in [1.54, 1.807) is 14.2 Å². The minimum atomic E-state index is 0.331. The summed E-state index contributed by atoms with van der Waals surface area (Å²) in [6.07, 6.45) is 3.59. The Bertz CT molecular complexity index is 795. The first-order valence-corrected chi connectivity index (χ1v) is 11.1. The van der Waals surface area contributed by atoms with Gasteiger partial charge in [0.2, 0.25) is 0 Å². The van der Waals surface area contributed by atoms with Crippen LogP contribution in [0.1, 0.15) is 37.8 Å². The zero-order chi connectivity index (χ0) is 21.6. The lowest BCUT2D eigenvalue weighted by molar-refractivity contribution is 0.0132. The van der Waals surface area contributed by atoms with Gasteiger partial charge in [0, 0.05) is 19.1 Å². The Labute approximate surface area is 182 Å². The lowest BCUT2D eigenvalue weighted by atomic mass is 9.63. The Morgan fingerprint density at radius 1 is 1.00 bits per heavy atom. The zero-order valence-corrected chi connectivity index (χ0v) is 19.3. The lowest BCUT2D eigenvalue weighted by Gasteiger charge is -2.49. The molecule has 2 aromatic rings. The van der Waals surface area contributed by atoms with Crippen molar-refractivity contribution >= 4 is 0 Å². The smallest absolute Gasteiger partial charge is 0.161 e. The first-order valence-electron chi connectivity index (χ1n) is 11.1. The van der Waals surface area contributed by atoms with Crippen molar-refractivity contribution in [2.75, 3.05) is 34.4 Å². The van der Waals surface area contributed by atoms with E-state index in [0.717, 1.165) is 31.0 Å². The second kappa shape index (κ2) is 10.3. The Morgan fingerprint density at radius 2 is 1.73 bits per heavy atom. The molecule has 0 unspecified atom stereocenters. The van der Waals surface area contributed by atoms with Gasteiger partial charge < -0.3 is 19.7 Å². The van der Waals surface area contributed by atoms with E-state index in [9.17, 15) is 0 Å². The van der Waals surface area contributed by atoms with Gasteiger partial charge in [0.1, 0.15) is 0 Å². The van der Waals surface area contributed by atoms with Gasteiger partial charge in [0.15, 0.2) is 11.5 Å². The van der Waals surface area contributed by atoms with E-state index in [-0.39, 0.29) is 0 Å². The minimum absolute atomic E-state index is 0.331. The second-order valence-electron chi connectivity index (χ2n) is 9.03. The SMILES string of the molecule is COc1ccc(CNCC[C@]2(Cc3ccccc3)C[C@H](C)N(C)C[C@@H]2C)cc1OC. The van der Waals surface area contributed by atoms with Crippen molar-refractivity contribution in [3.8, 4) is 11.5 Å². The van der Waals surface area contributed by atoms with Gasteiger partial charge >= 0.3 is 0 Å². The predicted molar refractivity (Wildman–Crippen MR) is 124 cm³/mol. The maximum atomic E-state index is 5.44. The highest BCUT2D eigenvalue weighted by Crippen LogP contribution is 2.44. The van der Waals surface area contributed by atoms with Crippen molar-refractivity contribution in [3.63, 3.8) is 0 Å². The van der Waals surface area contributed by atoms with Gasteiger partial charge in [-0.2, -0.15) is 0 Å². The van der Waals surface area contributed by atoms with Crippen molar-refractivity contribution in [1.29, 1.82) is 0 Å². The van der Waals surface area contributed by atoms with Crippen molar-refractivity contribution in [2.45, 2.75) is 45.7 Å². The fourth-order valence-electron chi connectivity index (χ4n) is 5.00. The molecule has 3 atom stereocenters. The summed E-state index contributed by atoms with van der Waals surface area (Å²) >= 11 is 0. The van der Waals surface area contributed by atoms with Crippen LogP contribution in [0.4, 0.5) is 0 Å². The van der Waals surface area contributed by atoms with Crippen LogP contribution in [0.5, 0.6) is 11.5 Å². The molecule has 3 rings (SSSR count). The van der Waals surface area contributed by atoms with Gasteiger partial charge in [-0.25, -0.2) is 0 Å². The van der Waals surface area contributed by atoms with E-state index >= 15 is 0 Å². The molecule has 0 aromatic heterocycles. The Kier molecular flexibility index (Phi) is 7.79. The van der Waals surface area contributed by atoms with E-state index in [1.165, 1.54) is 30.5 Å². The number of likely N-dealkylation sites (tertiary alicyclic amines) is 1. The van der Waals surface area contributed by atoms with Crippen molar-refractivity contribution in [3.05, 3.63) is 59.7 Å². The molecule has 0 spiro atoms. The highest BCUT2D eigenvalue weighted by molar-refractivity contribution is 5.42. The minimum Gasteiger partial charge on any atom is -0.493 e. The number of hydrogen-bond acceptors (Lipinski definition) is 4. The highest BCUT2D eigenvalue weighted by Gasteiger charge is 2.42. The summed E-state index contributed by atoms with van der Waals surface area (Å²) in [4.78, 5) is 2.52. The Balaban J connectivity index is 1.65. The maximum absolute atomic E-state index is 5.44. The monoisotopic (exact) mass is 410 g/mol. The molecule has 0 bridgehead atoms. The van der Waals surface area contributed by atoms with Crippen molar-refractivity contribution in [1.82, 2.24) is 10.2 Å². The van der Waals surface area contributed by atoms with Crippen molar-refractivity contribution in [2.24, 2.45) is 11.3 Å². The van der Waals surface area contributed by atoms with Crippen LogP contribution < -0.4 is 14.8 Å². The molecule has 1 aliphatic heterocycles. The zero-order valence-electron chi connectivity index (χ0n) is 19.3. The van der Waals surface area contributed by atoms with E-state index in [4.69, 9.17) is 9.47 Å². The fourth-order valence-corrected chi connectivity index (χ4v) is 5.00. The van der Waals surface area contributed by atoms with Crippen LogP contribution in [0.2, 0.25) is 0 Å². The van der Waals surface area contributed by atoms with E-state index in [2.05, 4.69) is 73.6 Å². The van der Waals surface area contributed by atoms with Crippen LogP contribution in [0.25, 0.3) is 0 Å². The number of ether oxygens (including phenoxy) is 2. The summed E-state index contributed by atoms with van der Waals surface area (Å²) < 4.78 is 10.8. The average molecular weight is 411 g/mol. The largest absolute Gasteiger partial charge is 0.493 e. The number of nitrogens with zero attached hydrogens (tertiary/aromatic N) is 1. The molecule has 0 radical (unpaired) electrons. The third-order valence-corrected chi connectivity index (χ3v) is 7.04. The Hall–Kier alpha value is -2.04. The van der Waals surface area contributed by atoms with Gasteiger partial charge in [-0.05, 0) is 74.4 Å². The van der Waals surface area contributed by atoms with Gasteiger partial charge in [-0.1, -0.05) is 43.3 Å². The Morgan fingerprint density at radius 3 is 2.43 bits per heavy atom. The molecule has 0 aliphatic carbocycles. The number of rotatable bonds is 9. The normalized spacial score (nSPS) is 24.6. The van der Waals surface area contributed by atoms with Crippen LogP contribution in [0, 0.1) is 11.3 Å². The predicted octanol–water partition coefficient (Wildman–Crippen LogP) is 4.77. The van der Waals surface area contributed by atoms with Gasteiger partial charge in [0.25, 0.3) is 0 Å². The number of hydrogen-bond donors (Lipinski definition) is 1. The summed E-state index contributed by atoms with van der Waals surface area (Å²) in [7, 11) is 5.62. The third-order valence-electron chi connectivity index (χ3n) is 7.04. The van der Waals surface area contributed by atoms with Crippen LogP contribution in [0.15, 0.2) is 48.5 Å². The third kappa shape index (κ3) is 5.35. The molecule has 0 amide bonds. The van der Waals surface area contributed by atoms with Crippen molar-refractivity contribution < 1.29 is 9.47 Å². The van der Waals surface area contributed by atoms with Gasteiger partial charge in [-0.15, -0.1) is 0 Å².